The van der Waals surface area contributed by atoms with E-state index in [4.69, 9.17) is 14.9 Å². The number of aliphatic carboxylic acids is 1. The lowest BCUT2D eigenvalue weighted by Gasteiger charge is -2.02. The summed E-state index contributed by atoms with van der Waals surface area (Å²) in [6.45, 7) is -0.439. The van der Waals surface area contributed by atoms with Crippen LogP contribution in [0.4, 0.5) is 0 Å². The first-order chi connectivity index (χ1) is 4.42. The third-order valence-electron chi connectivity index (χ3n) is 0.594. The normalized spacial score (nSPS) is 11.4. The van der Waals surface area contributed by atoms with Crippen molar-refractivity contribution in [1.29, 1.82) is 0 Å². The van der Waals surface area contributed by atoms with Gasteiger partial charge in [-0.1, -0.05) is 0 Å². The number of nitrogens with one attached hydrogen (secondary N) is 1. The van der Waals surface area contributed by atoms with Gasteiger partial charge in [0.15, 0.2) is 0 Å². The zero-order valence-electron chi connectivity index (χ0n) is 5.02. The predicted octanol–water partition coefficient (Wildman–Crippen LogP) is -1.20. The number of carboxylic acids is 1. The summed E-state index contributed by atoms with van der Waals surface area (Å²) in [5.41, 5.74) is 0. The van der Waals surface area contributed by atoms with Gasteiger partial charge in [0.05, 0.1) is 12.8 Å². The van der Waals surface area contributed by atoms with Crippen molar-refractivity contribution >= 4 is 13.6 Å². The molecule has 0 amide bonds. The smallest absolute Gasteiger partial charge is 0.339 e. The number of hydrogen-bond acceptors (Lipinski definition) is 3. The second-order valence-electron chi connectivity index (χ2n) is 1.64. The van der Waals surface area contributed by atoms with Crippen LogP contribution in [0.15, 0.2) is 0 Å². The molecular formula is C3H8NO5P. The van der Waals surface area contributed by atoms with Crippen LogP contribution in [0.3, 0.4) is 0 Å². The van der Waals surface area contributed by atoms with Crippen LogP contribution in [0.25, 0.3) is 0 Å². The number of carboxylic acid groups (broad SMARTS) is 1. The minimum absolute atomic E-state index is 0.439. The molecule has 0 saturated heterocycles. The van der Waals surface area contributed by atoms with Crippen molar-refractivity contribution in [3.05, 3.63) is 0 Å². The van der Waals surface area contributed by atoms with E-state index in [9.17, 15) is 9.36 Å². The van der Waals surface area contributed by atoms with Crippen molar-refractivity contribution in [2.75, 3.05) is 12.8 Å². The first kappa shape index (κ1) is 9.58. The molecule has 0 radical (unpaired) electrons. The van der Waals surface area contributed by atoms with Gasteiger partial charge in [-0.3, -0.25) is 14.7 Å². The summed E-state index contributed by atoms with van der Waals surface area (Å²) in [6.07, 6.45) is -0.598. The number of carbonyl (C=O) groups is 1. The summed E-state index contributed by atoms with van der Waals surface area (Å²) in [5, 5.41) is 10.1. The van der Waals surface area contributed by atoms with Gasteiger partial charge in [-0.2, -0.15) is 0 Å². The lowest BCUT2D eigenvalue weighted by atomic mass is 11.6. The highest BCUT2D eigenvalue weighted by Gasteiger charge is 2.11. The van der Waals surface area contributed by atoms with Gasteiger partial charge in [0.25, 0.3) is 0 Å². The average molecular weight is 173 g/mol. The molecule has 0 aliphatic carbocycles. The third-order valence-corrected chi connectivity index (χ3v) is 1.23. The minimum Gasteiger partial charge on any atom is -0.480 e. The zero-order chi connectivity index (χ0) is 8.20. The molecule has 6 nitrogen and oxygen atoms in total. The van der Waals surface area contributed by atoms with E-state index in [1.165, 1.54) is 0 Å². The third kappa shape index (κ3) is 7.58. The summed E-state index contributed by atoms with van der Waals surface area (Å²) in [7, 11) is -4.10. The summed E-state index contributed by atoms with van der Waals surface area (Å²) in [6, 6.07) is 0. The highest BCUT2D eigenvalue weighted by Crippen LogP contribution is 2.31. The fourth-order valence-electron chi connectivity index (χ4n) is 0.308. The molecule has 0 bridgehead atoms. The minimum atomic E-state index is -4.10. The Morgan fingerprint density at radius 3 is 2.30 bits per heavy atom. The highest BCUT2D eigenvalue weighted by atomic mass is 31.2. The molecule has 0 aliphatic rings. The molecule has 7 heteroatoms. The zero-order valence-corrected chi connectivity index (χ0v) is 5.91. The Kier molecular flexibility index (Phi) is 3.52. The topological polar surface area (TPSA) is 107 Å². The Hall–Kier alpha value is -0.420. The summed E-state index contributed by atoms with van der Waals surface area (Å²) in [5.74, 6) is -1.14. The Labute approximate surface area is 57.0 Å². The maximum atomic E-state index is 10.1. The molecule has 60 valence electrons. The molecule has 0 aromatic carbocycles. The van der Waals surface area contributed by atoms with E-state index in [0.717, 1.165) is 0 Å². The Bertz CT molecular complexity index is 162. The fraction of sp³-hybridized carbons (Fsp3) is 0.667. The maximum absolute atomic E-state index is 10.1. The lowest BCUT2D eigenvalue weighted by molar-refractivity contribution is -0.135. The molecule has 0 aromatic rings. The van der Waals surface area contributed by atoms with Crippen LogP contribution in [-0.4, -0.2) is 33.7 Å². The predicted molar refractivity (Wildman–Crippen MR) is 32.5 cm³/mol. The van der Waals surface area contributed by atoms with Crippen LogP contribution in [0.5, 0.6) is 0 Å². The SMILES string of the molecule is O=[13C](O)[13CH2][15NH][13CH2]P(=O)(O)O. The largest absolute Gasteiger partial charge is 0.480 e. The van der Waals surface area contributed by atoms with Gasteiger partial charge in [0, 0.05) is 0 Å². The van der Waals surface area contributed by atoms with E-state index in [1.54, 1.807) is 0 Å². The molecule has 0 saturated carbocycles. The van der Waals surface area contributed by atoms with E-state index in [-0.39, 0.29) is 0 Å². The summed E-state index contributed by atoms with van der Waals surface area (Å²) >= 11 is 0. The first-order valence-corrected chi connectivity index (χ1v) is 4.18. The van der Waals surface area contributed by atoms with E-state index >= 15 is 0 Å². The lowest BCUT2D eigenvalue weighted by Crippen LogP contribution is -2.23. The molecule has 0 aliphatic heterocycles. The molecule has 0 rings (SSSR count). The standard InChI is InChI=1S/C3H8NO5P/c5-3(6)1-4-2-10(7,8)9/h4H,1-2H2,(H,5,6)(H2,7,8,9)/i1+1,2+1,3+1,4+1. The van der Waals surface area contributed by atoms with Crippen LogP contribution in [0, 0.1) is 0 Å². The van der Waals surface area contributed by atoms with Crippen LogP contribution < -0.4 is 5.32 Å². The molecule has 0 aromatic heterocycles. The van der Waals surface area contributed by atoms with E-state index < -0.39 is 26.4 Å². The Morgan fingerprint density at radius 1 is 1.50 bits per heavy atom. The van der Waals surface area contributed by atoms with Crippen molar-refractivity contribution in [2.45, 2.75) is 0 Å². The molecule has 0 fully saturated rings. The van der Waals surface area contributed by atoms with Gasteiger partial charge in [0.2, 0.25) is 0 Å². The monoisotopic (exact) mass is 173 g/mol. The second kappa shape index (κ2) is 3.68. The van der Waals surface area contributed by atoms with Crippen LogP contribution >= 0.6 is 7.60 Å². The van der Waals surface area contributed by atoms with Gasteiger partial charge in [-0.25, -0.2) is 0 Å². The van der Waals surface area contributed by atoms with Crippen LogP contribution in [0.1, 0.15) is 0 Å². The Morgan fingerprint density at radius 2 is 2.00 bits per heavy atom. The van der Waals surface area contributed by atoms with Gasteiger partial charge < -0.3 is 14.9 Å². The summed E-state index contributed by atoms with van der Waals surface area (Å²) in [4.78, 5) is 26.1. The van der Waals surface area contributed by atoms with Gasteiger partial charge >= 0.3 is 13.6 Å². The van der Waals surface area contributed by atoms with E-state index in [1.807, 2.05) is 0 Å². The quantitative estimate of drug-likeness (QED) is 0.241. The second-order valence-corrected chi connectivity index (χ2v) is 3.29. The molecule has 0 spiro atoms. The van der Waals surface area contributed by atoms with E-state index in [2.05, 4.69) is 5.32 Å². The maximum Gasteiger partial charge on any atom is 0.339 e. The first-order valence-electron chi connectivity index (χ1n) is 2.39. The molecule has 0 unspecified atom stereocenters. The molecule has 4 N–H and O–H groups in total. The Balaban J connectivity index is 3.39. The van der Waals surface area contributed by atoms with E-state index in [0.29, 0.717) is 0 Å². The molecule has 0 atom stereocenters. The van der Waals surface area contributed by atoms with Crippen molar-refractivity contribution in [3.8, 4) is 0 Å². The van der Waals surface area contributed by atoms with Crippen molar-refractivity contribution < 1.29 is 24.3 Å². The number of rotatable bonds is 4. The van der Waals surface area contributed by atoms with Crippen molar-refractivity contribution in [3.63, 3.8) is 0 Å². The highest BCUT2D eigenvalue weighted by molar-refractivity contribution is 7.51. The van der Waals surface area contributed by atoms with Crippen molar-refractivity contribution in [2.24, 2.45) is 0 Å². The van der Waals surface area contributed by atoms with Crippen molar-refractivity contribution in [1.82, 2.24) is 5.32 Å². The molecular weight excluding hydrogens is 165 g/mol. The molecule has 0 heterocycles. The fourth-order valence-corrected chi connectivity index (χ4v) is 0.712. The van der Waals surface area contributed by atoms with Gasteiger partial charge in [-0.15, -0.1) is 0 Å². The number of hydrogen-bond donors (Lipinski definition) is 4. The summed E-state index contributed by atoms with van der Waals surface area (Å²) < 4.78 is 10.1. The van der Waals surface area contributed by atoms with Gasteiger partial charge in [0.1, 0.15) is 0 Å². The molecule has 10 heavy (non-hydrogen) atoms. The van der Waals surface area contributed by atoms with Gasteiger partial charge in [-0.05, 0) is 0 Å². The van der Waals surface area contributed by atoms with Crippen LogP contribution in [0.2, 0.25) is 0 Å². The average Bonchev–Trinajstić information content (AvgIpc) is 1.59. The van der Waals surface area contributed by atoms with Crippen LogP contribution in [-0.2, 0) is 9.36 Å².